The van der Waals surface area contributed by atoms with Crippen LogP contribution in [0, 0.1) is 0 Å². The molecule has 25 heavy (non-hydrogen) atoms. The molecule has 0 amide bonds. The summed E-state index contributed by atoms with van der Waals surface area (Å²) in [5.41, 5.74) is 0.799. The fourth-order valence-electron chi connectivity index (χ4n) is 2.29. The van der Waals surface area contributed by atoms with Gasteiger partial charge < -0.3 is 18.6 Å². The summed E-state index contributed by atoms with van der Waals surface area (Å²) in [6.07, 6.45) is -2.92. The molecule has 1 aliphatic rings. The Balaban J connectivity index is 2.00. The van der Waals surface area contributed by atoms with Gasteiger partial charge in [0.2, 0.25) is 20.8 Å². The Hall–Kier alpha value is -1.12. The summed E-state index contributed by atoms with van der Waals surface area (Å²) in [7, 11) is -9.87. The van der Waals surface area contributed by atoms with Crippen molar-refractivity contribution < 1.29 is 43.8 Å². The van der Waals surface area contributed by atoms with Crippen LogP contribution in [0.2, 0.25) is 0 Å². The molecular formula is C13H16O10S2-2. The van der Waals surface area contributed by atoms with Crippen molar-refractivity contribution in [3.63, 3.8) is 0 Å². The average Bonchev–Trinajstić information content (AvgIpc) is 2.51. The van der Waals surface area contributed by atoms with Crippen molar-refractivity contribution in [2.45, 2.75) is 31.3 Å². The molecule has 0 spiro atoms. The second-order valence-corrected chi connectivity index (χ2v) is 7.32. The first-order valence-corrected chi connectivity index (χ1v) is 9.80. The Morgan fingerprint density at radius 2 is 1.72 bits per heavy atom. The molecule has 2 unspecified atom stereocenters. The fraction of sp³-hybridized carbons (Fsp3) is 0.538. The molecule has 12 heteroatoms. The molecule has 1 aromatic carbocycles. The van der Waals surface area contributed by atoms with Crippen LogP contribution in [0.15, 0.2) is 30.3 Å². The van der Waals surface area contributed by atoms with Gasteiger partial charge in [0.05, 0.1) is 32.0 Å². The molecule has 3 atom stereocenters. The second-order valence-electron chi connectivity index (χ2n) is 5.26. The van der Waals surface area contributed by atoms with Crippen LogP contribution >= 0.6 is 0 Å². The molecule has 1 fully saturated rings. The Morgan fingerprint density at radius 3 is 2.32 bits per heavy atom. The maximum atomic E-state index is 10.8. The van der Waals surface area contributed by atoms with Crippen LogP contribution in [-0.4, -0.2) is 57.5 Å². The minimum atomic E-state index is -4.98. The quantitative estimate of drug-likeness (QED) is 0.422. The van der Waals surface area contributed by atoms with Crippen molar-refractivity contribution in [1.82, 2.24) is 0 Å². The van der Waals surface area contributed by atoms with E-state index in [1.54, 1.807) is 24.3 Å². The number of ether oxygens (including phenoxy) is 2. The monoisotopic (exact) mass is 396 g/mol. The predicted molar refractivity (Wildman–Crippen MR) is 79.6 cm³/mol. The van der Waals surface area contributed by atoms with E-state index in [0.29, 0.717) is 0 Å². The molecule has 0 aromatic heterocycles. The standard InChI is InChI=1S/C13H18O10S2/c14-24(15,16)22-8-11-6-12(13(9-20-11)23-25(17,18)19)21-7-10-4-2-1-3-5-10/h1-5,11-13H,6-9H2,(H,14,15,16)(H,17,18,19)/p-2/t11?,12-,13?/m0/s1. The molecule has 0 aliphatic carbocycles. The minimum absolute atomic E-state index is 0.0253. The lowest BCUT2D eigenvalue weighted by molar-refractivity contribution is -0.145. The second kappa shape index (κ2) is 8.51. The number of hydrogen-bond acceptors (Lipinski definition) is 10. The highest BCUT2D eigenvalue weighted by Gasteiger charge is 2.34. The van der Waals surface area contributed by atoms with Gasteiger partial charge in [-0.05, 0) is 5.56 Å². The third-order valence-electron chi connectivity index (χ3n) is 3.35. The van der Waals surface area contributed by atoms with Gasteiger partial charge in [0.15, 0.2) is 0 Å². The van der Waals surface area contributed by atoms with E-state index >= 15 is 0 Å². The lowest BCUT2D eigenvalue weighted by Gasteiger charge is -2.35. The fourth-order valence-corrected chi connectivity index (χ4v) is 3.09. The van der Waals surface area contributed by atoms with E-state index in [1.807, 2.05) is 6.07 Å². The summed E-state index contributed by atoms with van der Waals surface area (Å²) < 4.78 is 83.3. The molecule has 0 saturated carbocycles. The summed E-state index contributed by atoms with van der Waals surface area (Å²) >= 11 is 0. The first-order valence-electron chi connectivity index (χ1n) is 7.14. The molecular weight excluding hydrogens is 380 g/mol. The van der Waals surface area contributed by atoms with Gasteiger partial charge in [0, 0.05) is 6.42 Å². The predicted octanol–water partition coefficient (Wildman–Crippen LogP) is -0.317. The summed E-state index contributed by atoms with van der Waals surface area (Å²) in [4.78, 5) is 0. The molecule has 0 N–H and O–H groups in total. The van der Waals surface area contributed by atoms with Gasteiger partial charge in [-0.25, -0.2) is 16.8 Å². The largest absolute Gasteiger partial charge is 0.726 e. The van der Waals surface area contributed by atoms with Gasteiger partial charge in [0.25, 0.3) is 0 Å². The molecule has 2 rings (SSSR count). The van der Waals surface area contributed by atoms with Gasteiger partial charge in [-0.3, -0.25) is 8.37 Å². The first-order chi connectivity index (χ1) is 11.6. The van der Waals surface area contributed by atoms with E-state index < -0.39 is 45.7 Å². The van der Waals surface area contributed by atoms with Gasteiger partial charge in [0.1, 0.15) is 6.10 Å². The van der Waals surface area contributed by atoms with Crippen molar-refractivity contribution >= 4 is 20.8 Å². The first kappa shape index (κ1) is 20.2. The maximum absolute atomic E-state index is 10.8. The smallest absolute Gasteiger partial charge is 0.218 e. The normalized spacial score (nSPS) is 25.0. The Bertz CT molecular complexity index is 746. The molecule has 1 saturated heterocycles. The topological polar surface area (TPSA) is 151 Å². The summed E-state index contributed by atoms with van der Waals surface area (Å²) in [5, 5.41) is 0. The number of hydrogen-bond donors (Lipinski definition) is 0. The van der Waals surface area contributed by atoms with Crippen LogP contribution in [0.4, 0.5) is 0 Å². The zero-order valence-electron chi connectivity index (χ0n) is 12.8. The van der Waals surface area contributed by atoms with Crippen LogP contribution in [0.5, 0.6) is 0 Å². The van der Waals surface area contributed by atoms with Gasteiger partial charge in [-0.15, -0.1) is 0 Å². The van der Waals surface area contributed by atoms with E-state index in [9.17, 15) is 25.9 Å². The molecule has 1 aromatic rings. The van der Waals surface area contributed by atoms with Crippen molar-refractivity contribution in [3.8, 4) is 0 Å². The Kier molecular flexibility index (Phi) is 6.87. The lowest BCUT2D eigenvalue weighted by atomic mass is 10.0. The third-order valence-corrected chi connectivity index (χ3v) is 4.26. The van der Waals surface area contributed by atoms with Crippen molar-refractivity contribution in [3.05, 3.63) is 35.9 Å². The third kappa shape index (κ3) is 7.75. The van der Waals surface area contributed by atoms with Gasteiger partial charge >= 0.3 is 0 Å². The van der Waals surface area contributed by atoms with Gasteiger partial charge in [-0.1, -0.05) is 30.3 Å². The van der Waals surface area contributed by atoms with E-state index in [2.05, 4.69) is 8.37 Å². The van der Waals surface area contributed by atoms with Crippen LogP contribution in [0.1, 0.15) is 12.0 Å². The van der Waals surface area contributed by atoms with Crippen molar-refractivity contribution in [1.29, 1.82) is 0 Å². The zero-order chi connectivity index (χ0) is 18.5. The summed E-state index contributed by atoms with van der Waals surface area (Å²) in [6.45, 7) is -0.778. The molecule has 10 nitrogen and oxygen atoms in total. The minimum Gasteiger partial charge on any atom is -0.726 e. The Labute approximate surface area is 145 Å². The van der Waals surface area contributed by atoms with Crippen LogP contribution in [0.25, 0.3) is 0 Å². The van der Waals surface area contributed by atoms with E-state index in [0.717, 1.165) is 5.56 Å². The van der Waals surface area contributed by atoms with Crippen LogP contribution in [-0.2, 0) is 45.2 Å². The molecule has 1 heterocycles. The van der Waals surface area contributed by atoms with Crippen LogP contribution in [0.3, 0.4) is 0 Å². The van der Waals surface area contributed by atoms with E-state index in [4.69, 9.17) is 9.47 Å². The highest BCUT2D eigenvalue weighted by molar-refractivity contribution is 7.81. The SMILES string of the molecule is O=S(=O)([O-])OCC1C[C@H](OCc2ccccc2)C(OS(=O)(=O)[O-])CO1. The summed E-state index contributed by atoms with van der Waals surface area (Å²) in [6, 6.07) is 8.95. The van der Waals surface area contributed by atoms with Crippen LogP contribution < -0.4 is 0 Å². The average molecular weight is 396 g/mol. The molecule has 1 aliphatic heterocycles. The highest BCUT2D eigenvalue weighted by atomic mass is 32.3. The van der Waals surface area contributed by atoms with Gasteiger partial charge in [-0.2, -0.15) is 0 Å². The summed E-state index contributed by atoms with van der Waals surface area (Å²) in [5.74, 6) is 0. The number of rotatable bonds is 8. The van der Waals surface area contributed by atoms with Crippen molar-refractivity contribution in [2.75, 3.05) is 13.2 Å². The maximum Gasteiger partial charge on any atom is 0.218 e. The Morgan fingerprint density at radius 1 is 1.04 bits per heavy atom. The lowest BCUT2D eigenvalue weighted by Crippen LogP contribution is -2.46. The number of benzene rings is 1. The van der Waals surface area contributed by atoms with E-state index in [-0.39, 0.29) is 19.6 Å². The van der Waals surface area contributed by atoms with Crippen molar-refractivity contribution in [2.24, 2.45) is 0 Å². The highest BCUT2D eigenvalue weighted by Crippen LogP contribution is 2.23. The molecule has 142 valence electrons. The zero-order valence-corrected chi connectivity index (χ0v) is 14.5. The molecule has 0 bridgehead atoms. The van der Waals surface area contributed by atoms with E-state index in [1.165, 1.54) is 0 Å². The molecule has 0 radical (unpaired) electrons.